The standard InChI is InChI=1S/C19H18ClN5O/c1-11(21)6-17(22-2)18(26)16-10-24-19-15(16)8-14(9-23-19)25-13-5-3-4-12(20)7-13/h3-10,25H,21H2,1-2H3,(H,23,24). The van der Waals surface area contributed by atoms with Gasteiger partial charge in [-0.05, 0) is 37.3 Å². The van der Waals surface area contributed by atoms with Crippen LogP contribution in [0, 0.1) is 0 Å². The number of nitrogens with one attached hydrogen (secondary N) is 2. The van der Waals surface area contributed by atoms with E-state index in [4.69, 9.17) is 17.3 Å². The van der Waals surface area contributed by atoms with E-state index in [0.717, 1.165) is 11.4 Å². The fraction of sp³-hybridized carbons (Fsp3) is 0.105. The predicted octanol–water partition coefficient (Wildman–Crippen LogP) is 4.08. The molecule has 1 aromatic carbocycles. The molecular formula is C19H18ClN5O. The van der Waals surface area contributed by atoms with Gasteiger partial charge in [-0.15, -0.1) is 0 Å². The topological polar surface area (TPSA) is 96.2 Å². The van der Waals surface area contributed by atoms with Gasteiger partial charge in [0.05, 0.1) is 17.4 Å². The Morgan fingerprint density at radius 2 is 2.15 bits per heavy atom. The van der Waals surface area contributed by atoms with E-state index < -0.39 is 0 Å². The number of nitrogens with two attached hydrogens (primary N) is 1. The lowest BCUT2D eigenvalue weighted by molar-refractivity contribution is 0.106. The number of benzene rings is 1. The van der Waals surface area contributed by atoms with E-state index in [1.54, 1.807) is 38.5 Å². The summed E-state index contributed by atoms with van der Waals surface area (Å²) in [6.07, 6.45) is 4.88. The number of hydrogen-bond acceptors (Lipinski definition) is 5. The zero-order valence-electron chi connectivity index (χ0n) is 14.4. The van der Waals surface area contributed by atoms with Gasteiger partial charge in [-0.1, -0.05) is 17.7 Å². The van der Waals surface area contributed by atoms with E-state index in [2.05, 4.69) is 20.3 Å². The molecular weight excluding hydrogens is 350 g/mol. The fourth-order valence-corrected chi connectivity index (χ4v) is 2.77. The van der Waals surface area contributed by atoms with Gasteiger partial charge >= 0.3 is 0 Å². The highest BCUT2D eigenvalue weighted by Crippen LogP contribution is 2.25. The van der Waals surface area contributed by atoms with E-state index in [0.29, 0.717) is 33.0 Å². The van der Waals surface area contributed by atoms with Crippen LogP contribution in [-0.4, -0.2) is 28.5 Å². The zero-order valence-corrected chi connectivity index (χ0v) is 15.1. The maximum atomic E-state index is 12.8. The van der Waals surface area contributed by atoms with E-state index in [-0.39, 0.29) is 5.78 Å². The number of pyridine rings is 1. The van der Waals surface area contributed by atoms with Crippen molar-refractivity contribution in [2.75, 3.05) is 12.4 Å². The molecule has 0 radical (unpaired) electrons. The number of H-pyrrole nitrogens is 1. The summed E-state index contributed by atoms with van der Waals surface area (Å²) in [4.78, 5) is 24.2. The SMILES string of the molecule is CN=C(C=C(C)N)C(=O)c1c[nH]c2ncc(Nc3cccc(Cl)c3)cc12. The minimum Gasteiger partial charge on any atom is -0.402 e. The highest BCUT2D eigenvalue weighted by molar-refractivity contribution is 6.51. The molecule has 2 aromatic heterocycles. The van der Waals surface area contributed by atoms with Crippen LogP contribution in [0.5, 0.6) is 0 Å². The molecule has 26 heavy (non-hydrogen) atoms. The lowest BCUT2D eigenvalue weighted by Gasteiger charge is -2.07. The first-order valence-electron chi connectivity index (χ1n) is 7.93. The third-order valence-corrected chi connectivity index (χ3v) is 3.96. The van der Waals surface area contributed by atoms with E-state index >= 15 is 0 Å². The molecule has 0 aliphatic heterocycles. The minimum absolute atomic E-state index is 0.217. The summed E-state index contributed by atoms with van der Waals surface area (Å²) in [6, 6.07) is 9.23. The lowest BCUT2D eigenvalue weighted by Crippen LogP contribution is -2.13. The van der Waals surface area contributed by atoms with Crippen molar-refractivity contribution in [3.63, 3.8) is 0 Å². The largest absolute Gasteiger partial charge is 0.402 e. The number of allylic oxidation sites excluding steroid dienone is 2. The number of aromatic nitrogens is 2. The van der Waals surface area contributed by atoms with Crippen LogP contribution in [0.25, 0.3) is 11.0 Å². The van der Waals surface area contributed by atoms with Crippen LogP contribution in [0.3, 0.4) is 0 Å². The second kappa shape index (κ2) is 7.41. The Balaban J connectivity index is 1.98. The Morgan fingerprint density at radius 3 is 2.85 bits per heavy atom. The number of hydrogen-bond donors (Lipinski definition) is 3. The summed E-state index contributed by atoms with van der Waals surface area (Å²) >= 11 is 6.01. The second-order valence-corrected chi connectivity index (χ2v) is 6.22. The third-order valence-electron chi connectivity index (χ3n) is 3.73. The van der Waals surface area contributed by atoms with Crippen molar-refractivity contribution in [2.24, 2.45) is 10.7 Å². The molecule has 7 heteroatoms. The smallest absolute Gasteiger partial charge is 0.213 e. The van der Waals surface area contributed by atoms with Crippen molar-refractivity contribution in [3.05, 3.63) is 65.1 Å². The van der Waals surface area contributed by atoms with Crippen LogP contribution in [0.1, 0.15) is 17.3 Å². The number of aliphatic imine (C=N–C) groups is 1. The van der Waals surface area contributed by atoms with Crippen LogP contribution in [0.2, 0.25) is 5.02 Å². The van der Waals surface area contributed by atoms with E-state index in [1.165, 1.54) is 0 Å². The average molecular weight is 368 g/mol. The number of fused-ring (bicyclic) bond motifs is 1. The Morgan fingerprint density at radius 1 is 1.35 bits per heavy atom. The lowest BCUT2D eigenvalue weighted by atomic mass is 10.1. The fourth-order valence-electron chi connectivity index (χ4n) is 2.58. The predicted molar refractivity (Wildman–Crippen MR) is 106 cm³/mol. The first-order valence-corrected chi connectivity index (χ1v) is 8.30. The third kappa shape index (κ3) is 3.75. The highest BCUT2D eigenvalue weighted by Gasteiger charge is 2.17. The van der Waals surface area contributed by atoms with Crippen molar-refractivity contribution in [1.82, 2.24) is 9.97 Å². The molecule has 3 rings (SSSR count). The number of Topliss-reactive ketones (excluding diaryl/α,β-unsaturated/α-hetero) is 1. The van der Waals surface area contributed by atoms with Gasteiger partial charge in [-0.3, -0.25) is 9.79 Å². The molecule has 0 fully saturated rings. The van der Waals surface area contributed by atoms with Gasteiger partial charge in [-0.25, -0.2) is 4.98 Å². The number of anilines is 2. The molecule has 0 spiro atoms. The monoisotopic (exact) mass is 367 g/mol. The molecule has 0 aliphatic rings. The van der Waals surface area contributed by atoms with Gasteiger partial charge in [0.15, 0.2) is 0 Å². The summed E-state index contributed by atoms with van der Waals surface area (Å²) in [5.74, 6) is -0.217. The molecule has 4 N–H and O–H groups in total. The number of carbonyl (C=O) groups is 1. The molecule has 0 amide bonds. The Bertz CT molecular complexity index is 1030. The maximum absolute atomic E-state index is 12.8. The van der Waals surface area contributed by atoms with E-state index in [9.17, 15) is 4.79 Å². The number of ketones is 1. The van der Waals surface area contributed by atoms with Crippen molar-refractivity contribution in [1.29, 1.82) is 0 Å². The molecule has 0 aliphatic carbocycles. The summed E-state index contributed by atoms with van der Waals surface area (Å²) in [6.45, 7) is 1.71. The van der Waals surface area contributed by atoms with Crippen molar-refractivity contribution < 1.29 is 4.79 Å². The number of nitrogens with zero attached hydrogens (tertiary/aromatic N) is 2. The Kier molecular flexibility index (Phi) is 5.04. The second-order valence-electron chi connectivity index (χ2n) is 5.78. The van der Waals surface area contributed by atoms with Crippen molar-refractivity contribution in [3.8, 4) is 0 Å². The minimum atomic E-state index is -0.217. The normalized spacial score (nSPS) is 12.4. The molecule has 2 heterocycles. The zero-order chi connectivity index (χ0) is 18.7. The Labute approximate surface area is 155 Å². The van der Waals surface area contributed by atoms with Crippen LogP contribution in [0.4, 0.5) is 11.4 Å². The molecule has 132 valence electrons. The molecule has 0 saturated heterocycles. The van der Waals surface area contributed by atoms with Crippen LogP contribution < -0.4 is 11.1 Å². The number of carbonyl (C=O) groups excluding carboxylic acids is 1. The molecule has 6 nitrogen and oxygen atoms in total. The van der Waals surface area contributed by atoms with Crippen LogP contribution in [-0.2, 0) is 0 Å². The van der Waals surface area contributed by atoms with Gasteiger partial charge in [0.2, 0.25) is 5.78 Å². The molecule has 0 bridgehead atoms. The first kappa shape index (κ1) is 17.7. The molecule has 0 saturated carbocycles. The van der Waals surface area contributed by atoms with Gasteiger partial charge in [0.25, 0.3) is 0 Å². The van der Waals surface area contributed by atoms with Gasteiger partial charge in [0.1, 0.15) is 11.4 Å². The van der Waals surface area contributed by atoms with Crippen molar-refractivity contribution >= 4 is 45.5 Å². The van der Waals surface area contributed by atoms with E-state index in [1.807, 2.05) is 24.3 Å². The van der Waals surface area contributed by atoms with Crippen LogP contribution >= 0.6 is 11.6 Å². The number of rotatable bonds is 5. The summed E-state index contributed by atoms with van der Waals surface area (Å²) in [7, 11) is 1.56. The number of aromatic amines is 1. The first-order chi connectivity index (χ1) is 12.5. The van der Waals surface area contributed by atoms with Gasteiger partial charge in [0, 0.05) is 35.0 Å². The van der Waals surface area contributed by atoms with Crippen LogP contribution in [0.15, 0.2) is 59.5 Å². The summed E-state index contributed by atoms with van der Waals surface area (Å²) in [5.41, 5.74) is 9.17. The molecule has 0 atom stereocenters. The summed E-state index contributed by atoms with van der Waals surface area (Å²) < 4.78 is 0. The van der Waals surface area contributed by atoms with Crippen molar-refractivity contribution in [2.45, 2.75) is 6.92 Å². The molecule has 0 unspecified atom stereocenters. The summed E-state index contributed by atoms with van der Waals surface area (Å²) in [5, 5.41) is 4.57. The maximum Gasteiger partial charge on any atom is 0.213 e. The van der Waals surface area contributed by atoms with Gasteiger partial charge in [-0.2, -0.15) is 0 Å². The molecule has 3 aromatic rings. The Hall–Kier alpha value is -3.12. The highest BCUT2D eigenvalue weighted by atomic mass is 35.5. The average Bonchev–Trinajstić information content (AvgIpc) is 3.02. The van der Waals surface area contributed by atoms with Gasteiger partial charge < -0.3 is 16.0 Å². The number of halogens is 1. The quantitative estimate of drug-likeness (QED) is 0.467.